The maximum absolute atomic E-state index is 6.00. The molecular weight excluding hydrogens is 330 g/mol. The van der Waals surface area contributed by atoms with Gasteiger partial charge in [0.1, 0.15) is 6.54 Å². The lowest BCUT2D eigenvalue weighted by Crippen LogP contribution is -1.83. The molecule has 0 bridgehead atoms. The molecule has 2 rings (SSSR count). The van der Waals surface area contributed by atoms with E-state index in [1.807, 2.05) is 36.4 Å². The second kappa shape index (κ2) is 6.75. The van der Waals surface area contributed by atoms with Crippen LogP contribution >= 0.6 is 38.9 Å². The van der Waals surface area contributed by atoms with E-state index in [2.05, 4.69) is 32.8 Å². The minimum absolute atomic E-state index is 0.473. The van der Waals surface area contributed by atoms with Gasteiger partial charge in [0.15, 0.2) is 0 Å². The Morgan fingerprint density at radius 2 is 2.11 bits per heavy atom. The van der Waals surface area contributed by atoms with Gasteiger partial charge in [-0.1, -0.05) is 41.6 Å². The van der Waals surface area contributed by atoms with Gasteiger partial charge >= 0.3 is 0 Å². The molecule has 0 aliphatic carbocycles. The Balaban J connectivity index is 1.93. The van der Waals surface area contributed by atoms with Gasteiger partial charge in [-0.2, -0.15) is 0 Å². The minimum Gasteiger partial charge on any atom is -0.280 e. The van der Waals surface area contributed by atoms with E-state index in [0.717, 1.165) is 14.2 Å². The maximum atomic E-state index is 6.00. The average Bonchev–Trinajstić information content (AvgIpc) is 2.77. The van der Waals surface area contributed by atoms with Gasteiger partial charge in [0, 0.05) is 16.8 Å². The molecule has 0 aliphatic rings. The quantitative estimate of drug-likeness (QED) is 0.559. The molecule has 0 aliphatic heterocycles. The van der Waals surface area contributed by atoms with E-state index in [1.165, 1.54) is 0 Å². The minimum atomic E-state index is 0.473. The van der Waals surface area contributed by atoms with Crippen molar-refractivity contribution in [2.75, 3.05) is 6.54 Å². The Hall–Kier alpha value is -1.08. The maximum Gasteiger partial charge on any atom is 0.100 e. The van der Waals surface area contributed by atoms with Crippen molar-refractivity contribution in [1.29, 1.82) is 0 Å². The fourth-order valence-corrected chi connectivity index (χ4v) is 2.72. The van der Waals surface area contributed by atoms with Crippen molar-refractivity contribution in [3.05, 3.63) is 55.6 Å². The summed E-state index contributed by atoms with van der Waals surface area (Å²) >= 11 is 11.0. The zero-order valence-electron chi connectivity index (χ0n) is 9.36. The molecule has 0 fully saturated rings. The van der Waals surface area contributed by atoms with Gasteiger partial charge in [-0.3, -0.25) is 4.99 Å². The number of hydrogen-bond donors (Lipinski definition) is 0. The Labute approximate surface area is 124 Å². The number of thiophene rings is 1. The van der Waals surface area contributed by atoms with E-state index in [-0.39, 0.29) is 0 Å². The van der Waals surface area contributed by atoms with Crippen LogP contribution in [0.1, 0.15) is 10.4 Å². The highest BCUT2D eigenvalue weighted by molar-refractivity contribution is 9.11. The number of aliphatic imine (C=N–C) groups is 1. The van der Waals surface area contributed by atoms with E-state index in [0.29, 0.717) is 11.6 Å². The summed E-state index contributed by atoms with van der Waals surface area (Å²) in [6.45, 7) is 0.473. The van der Waals surface area contributed by atoms with E-state index >= 15 is 0 Å². The first kappa shape index (κ1) is 13.4. The summed E-state index contributed by atoms with van der Waals surface area (Å²) in [5.41, 5.74) is 0.917. The zero-order valence-corrected chi connectivity index (χ0v) is 12.5. The second-order valence-corrected chi connectivity index (χ2v) is 6.27. The largest absolute Gasteiger partial charge is 0.280 e. The second-order valence-electron chi connectivity index (χ2n) is 3.40. The number of hydrogen-bond acceptors (Lipinski definition) is 2. The first-order chi connectivity index (χ1) is 8.75. The number of benzene rings is 1. The van der Waals surface area contributed by atoms with Crippen LogP contribution in [0, 0.1) is 11.8 Å². The Morgan fingerprint density at radius 3 is 2.83 bits per heavy atom. The van der Waals surface area contributed by atoms with Crippen LogP contribution in [-0.4, -0.2) is 12.8 Å². The number of nitrogens with zero attached hydrogens (tertiary/aromatic N) is 1. The van der Waals surface area contributed by atoms with Crippen LogP contribution in [0.2, 0.25) is 5.02 Å². The van der Waals surface area contributed by atoms with Gasteiger partial charge in [-0.05, 0) is 34.1 Å². The standard InChI is InChI=1S/C14H9BrClNS/c15-14-8-7-12(18-14)5-3-9-17-10-11-4-1-2-6-13(11)16/h1-2,4,6-8,10H,9H2. The van der Waals surface area contributed by atoms with Crippen LogP contribution in [0.4, 0.5) is 0 Å². The summed E-state index contributed by atoms with van der Waals surface area (Å²) in [6, 6.07) is 11.6. The van der Waals surface area contributed by atoms with Gasteiger partial charge in [-0.25, -0.2) is 0 Å². The summed E-state index contributed by atoms with van der Waals surface area (Å²) in [7, 11) is 0. The Morgan fingerprint density at radius 1 is 1.28 bits per heavy atom. The fourth-order valence-electron chi connectivity index (χ4n) is 1.28. The third-order valence-corrected chi connectivity index (χ3v) is 3.97. The van der Waals surface area contributed by atoms with Gasteiger partial charge in [-0.15, -0.1) is 11.3 Å². The molecule has 1 aromatic heterocycles. The molecule has 0 unspecified atom stereocenters. The predicted molar refractivity (Wildman–Crippen MR) is 82.8 cm³/mol. The van der Waals surface area contributed by atoms with Crippen molar-refractivity contribution in [2.45, 2.75) is 0 Å². The highest BCUT2D eigenvalue weighted by Gasteiger charge is 1.93. The Bertz CT molecular complexity index is 622. The normalized spacial score (nSPS) is 10.3. The van der Waals surface area contributed by atoms with Crippen LogP contribution < -0.4 is 0 Å². The first-order valence-corrected chi connectivity index (χ1v) is 7.23. The molecule has 0 atom stereocenters. The third-order valence-electron chi connectivity index (χ3n) is 2.09. The molecule has 18 heavy (non-hydrogen) atoms. The van der Waals surface area contributed by atoms with E-state index in [1.54, 1.807) is 17.6 Å². The third kappa shape index (κ3) is 3.99. The van der Waals surface area contributed by atoms with E-state index < -0.39 is 0 Å². The summed E-state index contributed by atoms with van der Waals surface area (Å²) in [5.74, 6) is 6.06. The molecule has 0 spiro atoms. The number of halogens is 2. The average molecular weight is 339 g/mol. The monoisotopic (exact) mass is 337 g/mol. The van der Waals surface area contributed by atoms with Crippen molar-refractivity contribution in [2.24, 2.45) is 4.99 Å². The molecule has 0 saturated heterocycles. The molecular formula is C14H9BrClNS. The van der Waals surface area contributed by atoms with Crippen molar-refractivity contribution in [3.63, 3.8) is 0 Å². The van der Waals surface area contributed by atoms with Gasteiger partial charge in [0.05, 0.1) is 8.66 Å². The van der Waals surface area contributed by atoms with Crippen LogP contribution in [0.3, 0.4) is 0 Å². The van der Waals surface area contributed by atoms with Crippen molar-refractivity contribution >= 4 is 45.1 Å². The highest BCUT2D eigenvalue weighted by Crippen LogP contribution is 2.20. The molecule has 1 heterocycles. The van der Waals surface area contributed by atoms with E-state index in [4.69, 9.17) is 11.6 Å². The van der Waals surface area contributed by atoms with Crippen LogP contribution in [0.15, 0.2) is 45.2 Å². The molecule has 2 aromatic rings. The van der Waals surface area contributed by atoms with Crippen LogP contribution in [-0.2, 0) is 0 Å². The van der Waals surface area contributed by atoms with E-state index in [9.17, 15) is 0 Å². The van der Waals surface area contributed by atoms with Crippen molar-refractivity contribution in [1.82, 2.24) is 0 Å². The van der Waals surface area contributed by atoms with Crippen LogP contribution in [0.25, 0.3) is 0 Å². The molecule has 0 amide bonds. The van der Waals surface area contributed by atoms with Gasteiger partial charge in [0.2, 0.25) is 0 Å². The molecule has 0 radical (unpaired) electrons. The summed E-state index contributed by atoms with van der Waals surface area (Å²) in [4.78, 5) is 5.27. The Kier molecular flexibility index (Phi) is 5.00. The lowest BCUT2D eigenvalue weighted by Gasteiger charge is -1.94. The van der Waals surface area contributed by atoms with Crippen molar-refractivity contribution < 1.29 is 0 Å². The molecule has 0 saturated carbocycles. The SMILES string of the molecule is Clc1ccccc1C=NCC#Cc1ccc(Br)s1. The molecule has 4 heteroatoms. The lowest BCUT2D eigenvalue weighted by molar-refractivity contribution is 1.30. The molecule has 1 nitrogen and oxygen atoms in total. The first-order valence-electron chi connectivity index (χ1n) is 5.24. The topological polar surface area (TPSA) is 12.4 Å². The zero-order chi connectivity index (χ0) is 12.8. The lowest BCUT2D eigenvalue weighted by atomic mass is 10.2. The molecule has 90 valence electrons. The summed E-state index contributed by atoms with van der Waals surface area (Å²) in [6.07, 6.45) is 1.75. The number of rotatable bonds is 2. The molecule has 0 N–H and O–H groups in total. The predicted octanol–water partition coefficient (Wildman–Crippen LogP) is 4.63. The van der Waals surface area contributed by atoms with Crippen LogP contribution in [0.5, 0.6) is 0 Å². The fraction of sp³-hybridized carbons (Fsp3) is 0.0714. The highest BCUT2D eigenvalue weighted by atomic mass is 79.9. The summed E-state index contributed by atoms with van der Waals surface area (Å²) in [5, 5.41) is 0.705. The van der Waals surface area contributed by atoms with Gasteiger partial charge < -0.3 is 0 Å². The van der Waals surface area contributed by atoms with Crippen molar-refractivity contribution in [3.8, 4) is 11.8 Å². The molecule has 1 aromatic carbocycles. The van der Waals surface area contributed by atoms with Gasteiger partial charge in [0.25, 0.3) is 0 Å². The summed E-state index contributed by atoms with van der Waals surface area (Å²) < 4.78 is 1.09. The smallest absolute Gasteiger partial charge is 0.100 e.